The van der Waals surface area contributed by atoms with Crippen LogP contribution in [-0.2, 0) is 4.74 Å². The van der Waals surface area contributed by atoms with E-state index in [4.69, 9.17) is 10.5 Å². The van der Waals surface area contributed by atoms with E-state index in [1.807, 2.05) is 0 Å². The fourth-order valence-electron chi connectivity index (χ4n) is 2.68. The number of benzene rings is 1. The summed E-state index contributed by atoms with van der Waals surface area (Å²) in [6, 6.07) is 8.60. The molecule has 100 valence electrons. The van der Waals surface area contributed by atoms with Gasteiger partial charge in [-0.2, -0.15) is 0 Å². The van der Waals surface area contributed by atoms with Crippen molar-refractivity contribution in [1.29, 1.82) is 0 Å². The molecule has 1 saturated heterocycles. The van der Waals surface area contributed by atoms with Gasteiger partial charge in [0.05, 0.1) is 12.2 Å². The monoisotopic (exact) mass is 248 g/mol. The smallest absolute Gasteiger partial charge is 0.0726 e. The quantitative estimate of drug-likeness (QED) is 0.894. The lowest BCUT2D eigenvalue weighted by molar-refractivity contribution is -0.00528. The molecule has 0 aromatic heterocycles. The van der Waals surface area contributed by atoms with Gasteiger partial charge in [0.2, 0.25) is 0 Å². The van der Waals surface area contributed by atoms with Gasteiger partial charge < -0.3 is 15.4 Å². The van der Waals surface area contributed by atoms with Crippen molar-refractivity contribution in [2.75, 3.05) is 18.0 Å². The number of anilines is 1. The van der Waals surface area contributed by atoms with Gasteiger partial charge in [-0.3, -0.25) is 0 Å². The van der Waals surface area contributed by atoms with Gasteiger partial charge in [0.15, 0.2) is 0 Å². The normalized spacial score (nSPS) is 26.1. The van der Waals surface area contributed by atoms with Gasteiger partial charge in [0.25, 0.3) is 0 Å². The summed E-state index contributed by atoms with van der Waals surface area (Å²) in [7, 11) is 0. The molecule has 0 aliphatic carbocycles. The van der Waals surface area contributed by atoms with Gasteiger partial charge >= 0.3 is 0 Å². The summed E-state index contributed by atoms with van der Waals surface area (Å²) in [6.07, 6.45) is 1.52. The zero-order valence-electron chi connectivity index (χ0n) is 11.6. The summed E-state index contributed by atoms with van der Waals surface area (Å²) in [5, 5.41) is 0. The summed E-state index contributed by atoms with van der Waals surface area (Å²) in [5.74, 6) is 0. The van der Waals surface area contributed by atoms with Crippen LogP contribution in [0.15, 0.2) is 24.3 Å². The number of morpholine rings is 1. The molecule has 0 amide bonds. The van der Waals surface area contributed by atoms with E-state index in [-0.39, 0.29) is 18.2 Å². The summed E-state index contributed by atoms with van der Waals surface area (Å²) in [6.45, 7) is 8.28. The summed E-state index contributed by atoms with van der Waals surface area (Å²) < 4.78 is 5.79. The van der Waals surface area contributed by atoms with Gasteiger partial charge in [0.1, 0.15) is 0 Å². The second-order valence-electron chi connectivity index (χ2n) is 5.24. The lowest BCUT2D eigenvalue weighted by atomic mass is 10.0. The summed E-state index contributed by atoms with van der Waals surface area (Å²) in [4.78, 5) is 2.41. The van der Waals surface area contributed by atoms with Gasteiger partial charge in [-0.25, -0.2) is 0 Å². The van der Waals surface area contributed by atoms with E-state index in [2.05, 4.69) is 49.9 Å². The molecule has 18 heavy (non-hydrogen) atoms. The Bertz CT molecular complexity index is 384. The first-order valence-corrected chi connectivity index (χ1v) is 6.86. The van der Waals surface area contributed by atoms with Crippen LogP contribution in [-0.4, -0.2) is 25.3 Å². The third-order valence-corrected chi connectivity index (χ3v) is 3.54. The van der Waals surface area contributed by atoms with Crippen molar-refractivity contribution in [3.05, 3.63) is 29.8 Å². The zero-order chi connectivity index (χ0) is 13.1. The first-order chi connectivity index (χ1) is 8.61. The number of para-hydroxylation sites is 1. The lowest BCUT2D eigenvalue weighted by Crippen LogP contribution is -2.46. The van der Waals surface area contributed by atoms with Crippen LogP contribution in [0.4, 0.5) is 5.69 Å². The van der Waals surface area contributed by atoms with E-state index in [1.165, 1.54) is 11.3 Å². The van der Waals surface area contributed by atoms with E-state index in [0.717, 1.165) is 19.5 Å². The van der Waals surface area contributed by atoms with E-state index in [9.17, 15) is 0 Å². The molecule has 2 rings (SSSR count). The van der Waals surface area contributed by atoms with Crippen LogP contribution in [0, 0.1) is 0 Å². The highest BCUT2D eigenvalue weighted by Gasteiger charge is 2.24. The van der Waals surface area contributed by atoms with Crippen molar-refractivity contribution in [3.63, 3.8) is 0 Å². The Hall–Kier alpha value is -1.06. The molecule has 1 aromatic rings. The van der Waals surface area contributed by atoms with Crippen molar-refractivity contribution < 1.29 is 4.74 Å². The van der Waals surface area contributed by atoms with Crippen LogP contribution in [0.5, 0.6) is 0 Å². The van der Waals surface area contributed by atoms with Crippen LogP contribution in [0.1, 0.15) is 38.8 Å². The number of hydrogen-bond acceptors (Lipinski definition) is 3. The molecule has 1 fully saturated rings. The standard InChI is InChI=1S/C15H24N2O/c1-4-14(16)13-7-5-6-8-15(13)17-9-11(2)18-12(3)10-17/h5-8,11-12,14H,4,9-10,16H2,1-3H3/t11-,12+,14-/m0/s1. The predicted molar refractivity (Wildman–Crippen MR) is 75.9 cm³/mol. The average molecular weight is 248 g/mol. The van der Waals surface area contributed by atoms with Crippen LogP contribution >= 0.6 is 0 Å². The van der Waals surface area contributed by atoms with E-state index in [0.29, 0.717) is 0 Å². The van der Waals surface area contributed by atoms with E-state index in [1.54, 1.807) is 0 Å². The highest BCUT2D eigenvalue weighted by atomic mass is 16.5. The second kappa shape index (κ2) is 5.72. The third-order valence-electron chi connectivity index (χ3n) is 3.54. The molecule has 0 bridgehead atoms. The Balaban J connectivity index is 2.26. The Morgan fingerprint density at radius 3 is 2.50 bits per heavy atom. The van der Waals surface area contributed by atoms with Crippen LogP contribution < -0.4 is 10.6 Å². The fourth-order valence-corrected chi connectivity index (χ4v) is 2.68. The largest absolute Gasteiger partial charge is 0.372 e. The molecule has 0 spiro atoms. The van der Waals surface area contributed by atoms with Crippen LogP contribution in [0.2, 0.25) is 0 Å². The van der Waals surface area contributed by atoms with Crippen molar-refractivity contribution in [2.45, 2.75) is 45.4 Å². The zero-order valence-corrected chi connectivity index (χ0v) is 11.6. The molecular formula is C15H24N2O. The maximum Gasteiger partial charge on any atom is 0.0726 e. The third kappa shape index (κ3) is 2.85. The predicted octanol–water partition coefficient (Wildman–Crippen LogP) is 2.71. The van der Waals surface area contributed by atoms with E-state index >= 15 is 0 Å². The molecule has 1 aromatic carbocycles. The Labute approximate surface area is 110 Å². The molecule has 1 aliphatic rings. The highest BCUT2D eigenvalue weighted by molar-refractivity contribution is 5.55. The molecule has 0 radical (unpaired) electrons. The first-order valence-electron chi connectivity index (χ1n) is 6.86. The number of nitrogens with two attached hydrogens (primary N) is 1. The van der Waals surface area contributed by atoms with Gasteiger partial charge in [0, 0.05) is 24.8 Å². The number of nitrogens with zero attached hydrogens (tertiary/aromatic N) is 1. The molecular weight excluding hydrogens is 224 g/mol. The van der Waals surface area contributed by atoms with Crippen molar-refractivity contribution >= 4 is 5.69 Å². The van der Waals surface area contributed by atoms with Gasteiger partial charge in [-0.1, -0.05) is 25.1 Å². The van der Waals surface area contributed by atoms with Gasteiger partial charge in [-0.05, 0) is 31.9 Å². The number of hydrogen-bond donors (Lipinski definition) is 1. The minimum atomic E-state index is 0.120. The molecule has 3 nitrogen and oxygen atoms in total. The van der Waals surface area contributed by atoms with Crippen molar-refractivity contribution in [2.24, 2.45) is 5.73 Å². The van der Waals surface area contributed by atoms with Crippen LogP contribution in [0.3, 0.4) is 0 Å². The molecule has 0 unspecified atom stereocenters. The van der Waals surface area contributed by atoms with E-state index < -0.39 is 0 Å². The first kappa shape index (κ1) is 13.4. The molecule has 2 N–H and O–H groups in total. The minimum absolute atomic E-state index is 0.120. The number of rotatable bonds is 3. The Morgan fingerprint density at radius 2 is 1.89 bits per heavy atom. The topological polar surface area (TPSA) is 38.5 Å². The molecule has 3 atom stereocenters. The SMILES string of the molecule is CC[C@H](N)c1ccccc1N1C[C@@H](C)O[C@@H](C)C1. The fraction of sp³-hybridized carbons (Fsp3) is 0.600. The molecule has 0 saturated carbocycles. The number of ether oxygens (including phenoxy) is 1. The minimum Gasteiger partial charge on any atom is -0.372 e. The Kier molecular flexibility index (Phi) is 4.25. The van der Waals surface area contributed by atoms with Crippen molar-refractivity contribution in [1.82, 2.24) is 0 Å². The van der Waals surface area contributed by atoms with Gasteiger partial charge in [-0.15, -0.1) is 0 Å². The molecule has 3 heteroatoms. The summed E-state index contributed by atoms with van der Waals surface area (Å²) >= 11 is 0. The van der Waals surface area contributed by atoms with Crippen molar-refractivity contribution in [3.8, 4) is 0 Å². The lowest BCUT2D eigenvalue weighted by Gasteiger charge is -2.38. The molecule has 1 heterocycles. The van der Waals surface area contributed by atoms with Crippen LogP contribution in [0.25, 0.3) is 0 Å². The highest BCUT2D eigenvalue weighted by Crippen LogP contribution is 2.29. The molecule has 1 aliphatic heterocycles. The second-order valence-corrected chi connectivity index (χ2v) is 5.24. The summed E-state index contributed by atoms with van der Waals surface area (Å²) in [5.41, 5.74) is 8.74. The maximum absolute atomic E-state index is 6.21. The maximum atomic E-state index is 6.21. The average Bonchev–Trinajstić information content (AvgIpc) is 2.36. The Morgan fingerprint density at radius 1 is 1.28 bits per heavy atom.